The Kier molecular flexibility index (Phi) is 3.00. The molecule has 16 heavy (non-hydrogen) atoms. The molecular formula is C10H17BO5. The van der Waals surface area contributed by atoms with Gasteiger partial charge in [0.2, 0.25) is 0 Å². The molecule has 4 atom stereocenters. The summed E-state index contributed by atoms with van der Waals surface area (Å²) in [6.45, 7) is 0.293. The van der Waals surface area contributed by atoms with Crippen LogP contribution in [0.1, 0.15) is 6.42 Å². The van der Waals surface area contributed by atoms with Crippen LogP contribution in [0.3, 0.4) is 0 Å². The van der Waals surface area contributed by atoms with Crippen LogP contribution in [0.5, 0.6) is 0 Å². The predicted molar refractivity (Wildman–Crippen MR) is 58.7 cm³/mol. The molecule has 2 N–H and O–H groups in total. The zero-order chi connectivity index (χ0) is 11.8. The summed E-state index contributed by atoms with van der Waals surface area (Å²) in [5.74, 6) is 0. The first-order valence-corrected chi connectivity index (χ1v) is 5.40. The Morgan fingerprint density at radius 1 is 1.62 bits per heavy atom. The van der Waals surface area contributed by atoms with Gasteiger partial charge in [-0.25, -0.2) is 0 Å². The van der Waals surface area contributed by atoms with Gasteiger partial charge in [-0.05, 0) is 6.08 Å². The lowest BCUT2D eigenvalue weighted by Gasteiger charge is -2.20. The molecule has 0 radical (unpaired) electrons. The van der Waals surface area contributed by atoms with Gasteiger partial charge in [-0.1, -0.05) is 0 Å². The number of ether oxygens (including phenoxy) is 3. The maximum Gasteiger partial charge on any atom is 0.147 e. The van der Waals surface area contributed by atoms with Crippen molar-refractivity contribution >= 4 is 7.85 Å². The third kappa shape index (κ3) is 1.57. The van der Waals surface area contributed by atoms with Crippen molar-refractivity contribution in [3.63, 3.8) is 0 Å². The van der Waals surface area contributed by atoms with E-state index in [-0.39, 0.29) is 12.6 Å². The minimum absolute atomic E-state index is 0.171. The Morgan fingerprint density at radius 2 is 2.38 bits per heavy atom. The van der Waals surface area contributed by atoms with Gasteiger partial charge in [0.05, 0.1) is 25.5 Å². The third-order valence-corrected chi connectivity index (χ3v) is 3.37. The Morgan fingerprint density at radius 3 is 2.94 bits per heavy atom. The van der Waals surface area contributed by atoms with Crippen LogP contribution in [0.2, 0.25) is 0 Å². The van der Waals surface area contributed by atoms with Crippen molar-refractivity contribution in [2.45, 2.75) is 29.7 Å². The van der Waals surface area contributed by atoms with Crippen LogP contribution in [0.15, 0.2) is 12.3 Å². The molecule has 0 aromatic rings. The number of aliphatic hydroxyl groups excluding tert-OH is 1. The van der Waals surface area contributed by atoms with Crippen molar-refractivity contribution in [1.29, 1.82) is 0 Å². The second-order valence-electron chi connectivity index (χ2n) is 4.46. The number of hydrogen-bond acceptors (Lipinski definition) is 5. The van der Waals surface area contributed by atoms with Crippen molar-refractivity contribution in [3.05, 3.63) is 12.3 Å². The summed E-state index contributed by atoms with van der Waals surface area (Å²) in [5, 5.41) is 19.4. The smallest absolute Gasteiger partial charge is 0.147 e. The number of methoxy groups -OCH3 is 1. The van der Waals surface area contributed by atoms with Gasteiger partial charge in [-0.2, -0.15) is 0 Å². The van der Waals surface area contributed by atoms with Gasteiger partial charge in [-0.15, -0.1) is 0 Å². The van der Waals surface area contributed by atoms with Gasteiger partial charge in [0, 0.05) is 13.5 Å². The summed E-state index contributed by atoms with van der Waals surface area (Å²) in [7, 11) is 3.42. The maximum absolute atomic E-state index is 10.2. The fourth-order valence-electron chi connectivity index (χ4n) is 2.43. The van der Waals surface area contributed by atoms with Gasteiger partial charge in [0.25, 0.3) is 0 Å². The molecule has 0 spiro atoms. The van der Waals surface area contributed by atoms with Crippen molar-refractivity contribution in [2.24, 2.45) is 0 Å². The lowest BCUT2D eigenvalue weighted by atomic mass is 9.91. The fraction of sp³-hybridized carbons (Fsp3) is 0.800. The lowest BCUT2D eigenvalue weighted by Crippen LogP contribution is -2.37. The summed E-state index contributed by atoms with van der Waals surface area (Å²) >= 11 is 0. The van der Waals surface area contributed by atoms with E-state index in [2.05, 4.69) is 0 Å². The molecule has 0 bridgehead atoms. The van der Waals surface area contributed by atoms with Gasteiger partial charge < -0.3 is 24.4 Å². The zero-order valence-electron chi connectivity index (χ0n) is 9.55. The summed E-state index contributed by atoms with van der Waals surface area (Å²) in [4.78, 5) is 0. The molecule has 1 saturated heterocycles. The fourth-order valence-corrected chi connectivity index (χ4v) is 2.43. The van der Waals surface area contributed by atoms with Crippen molar-refractivity contribution in [3.8, 4) is 0 Å². The van der Waals surface area contributed by atoms with Crippen molar-refractivity contribution < 1.29 is 24.4 Å². The number of fused-ring (bicyclic) bond motifs is 1. The van der Waals surface area contributed by atoms with Crippen LogP contribution in [0.25, 0.3) is 0 Å². The number of hydrogen-bond donors (Lipinski definition) is 2. The van der Waals surface area contributed by atoms with Crippen LogP contribution < -0.4 is 0 Å². The van der Waals surface area contributed by atoms with E-state index in [1.54, 1.807) is 13.2 Å². The standard InChI is InChI=1S/C10H17BO5/c1-14-3-2-4-15-7-8(11)16-9(6-12)5-10(7,9)13/h2,4,7-8,12-13H,3,5-6,11H2,1H3/b4-2-/t7-,8+,9+,10-/m0/s1. The van der Waals surface area contributed by atoms with Crippen LogP contribution in [0.4, 0.5) is 0 Å². The average Bonchev–Trinajstić information content (AvgIpc) is 2.78. The SMILES string of the molecule is B[C@@H]1O[C@@]2(CO)C[C@]2(O)[C@H]1O/C=C\COC. The summed E-state index contributed by atoms with van der Waals surface area (Å²) < 4.78 is 15.8. The molecule has 0 aromatic heterocycles. The van der Waals surface area contributed by atoms with E-state index in [0.717, 1.165) is 0 Å². The van der Waals surface area contributed by atoms with Gasteiger partial charge in [0.1, 0.15) is 25.2 Å². The van der Waals surface area contributed by atoms with Gasteiger partial charge in [-0.3, -0.25) is 0 Å². The first-order chi connectivity index (χ1) is 7.59. The lowest BCUT2D eigenvalue weighted by molar-refractivity contribution is -0.0179. The number of rotatable bonds is 5. The van der Waals surface area contributed by atoms with Crippen LogP contribution in [-0.4, -0.2) is 61.7 Å². The van der Waals surface area contributed by atoms with Gasteiger partial charge in [0.15, 0.2) is 0 Å². The average molecular weight is 228 g/mol. The zero-order valence-corrected chi connectivity index (χ0v) is 9.55. The molecule has 90 valence electrons. The van der Waals surface area contributed by atoms with Crippen molar-refractivity contribution in [1.82, 2.24) is 0 Å². The van der Waals surface area contributed by atoms with E-state index in [0.29, 0.717) is 13.0 Å². The molecule has 2 aliphatic rings. The monoisotopic (exact) mass is 228 g/mol. The molecule has 5 nitrogen and oxygen atoms in total. The molecule has 1 saturated carbocycles. The molecule has 1 aliphatic carbocycles. The van der Waals surface area contributed by atoms with E-state index >= 15 is 0 Å². The highest BCUT2D eigenvalue weighted by atomic mass is 16.6. The second kappa shape index (κ2) is 4.03. The molecule has 1 heterocycles. The van der Waals surface area contributed by atoms with Gasteiger partial charge >= 0.3 is 0 Å². The Labute approximate surface area is 95.4 Å². The second-order valence-corrected chi connectivity index (χ2v) is 4.46. The molecule has 2 rings (SSSR count). The normalized spacial score (nSPS) is 45.9. The predicted octanol–water partition coefficient (Wildman–Crippen LogP) is -1.61. The van der Waals surface area contributed by atoms with E-state index in [9.17, 15) is 10.2 Å². The van der Waals surface area contributed by atoms with E-state index in [1.807, 2.05) is 7.85 Å². The van der Waals surface area contributed by atoms with Crippen molar-refractivity contribution in [2.75, 3.05) is 20.3 Å². The largest absolute Gasteiger partial charge is 0.493 e. The molecule has 6 heteroatoms. The molecule has 0 amide bonds. The maximum atomic E-state index is 10.2. The molecule has 0 aromatic carbocycles. The Bertz CT molecular complexity index is 297. The highest BCUT2D eigenvalue weighted by molar-refractivity contribution is 6.12. The van der Waals surface area contributed by atoms with E-state index < -0.39 is 17.3 Å². The molecule has 1 aliphatic heterocycles. The highest BCUT2D eigenvalue weighted by Crippen LogP contribution is 2.59. The van der Waals surface area contributed by atoms with Crippen LogP contribution in [-0.2, 0) is 14.2 Å². The topological polar surface area (TPSA) is 68.2 Å². The molecule has 2 fully saturated rings. The Hall–Kier alpha value is -0.555. The molecule has 0 unspecified atom stereocenters. The van der Waals surface area contributed by atoms with E-state index in [1.165, 1.54) is 6.26 Å². The summed E-state index contributed by atoms with van der Waals surface area (Å²) in [6.07, 6.45) is 3.24. The third-order valence-electron chi connectivity index (χ3n) is 3.37. The minimum Gasteiger partial charge on any atom is -0.493 e. The summed E-state index contributed by atoms with van der Waals surface area (Å²) in [5.41, 5.74) is -1.84. The number of aliphatic hydroxyl groups is 2. The quantitative estimate of drug-likeness (QED) is 0.437. The first-order valence-electron chi connectivity index (χ1n) is 5.40. The van der Waals surface area contributed by atoms with Crippen LogP contribution in [0, 0.1) is 0 Å². The highest BCUT2D eigenvalue weighted by Gasteiger charge is 2.79. The Balaban J connectivity index is 1.95. The van der Waals surface area contributed by atoms with E-state index in [4.69, 9.17) is 14.2 Å². The molecular weight excluding hydrogens is 211 g/mol. The first kappa shape index (κ1) is 11.9. The summed E-state index contributed by atoms with van der Waals surface area (Å²) in [6, 6.07) is -0.224. The van der Waals surface area contributed by atoms with Crippen LogP contribution >= 0.6 is 0 Å². The minimum atomic E-state index is -1.04.